The number of thiazole rings is 1. The van der Waals surface area contributed by atoms with Gasteiger partial charge in [0.2, 0.25) is 5.91 Å². The average Bonchev–Trinajstić information content (AvgIpc) is 3.50. The number of hydrogen-bond acceptors (Lipinski definition) is 8. The largest absolute Gasteiger partial charge is 0.460 e. The summed E-state index contributed by atoms with van der Waals surface area (Å²) in [4.78, 5) is 29.2. The Labute approximate surface area is 197 Å². The van der Waals surface area contributed by atoms with Crippen molar-refractivity contribution in [3.05, 3.63) is 41.6 Å². The van der Waals surface area contributed by atoms with Crippen molar-refractivity contribution in [2.45, 2.75) is 57.7 Å². The molecule has 0 aliphatic carbocycles. The maximum absolute atomic E-state index is 13.0. The molecule has 3 aromatic rings. The lowest BCUT2D eigenvalue weighted by molar-refractivity contribution is -0.122. The average molecular weight is 468 g/mol. The van der Waals surface area contributed by atoms with Crippen LogP contribution in [0.1, 0.15) is 43.9 Å². The van der Waals surface area contributed by atoms with Crippen molar-refractivity contribution < 1.29 is 14.3 Å². The van der Waals surface area contributed by atoms with Crippen molar-refractivity contribution in [2.75, 3.05) is 24.7 Å². The summed E-state index contributed by atoms with van der Waals surface area (Å²) >= 11 is 1.57. The fraction of sp³-hybridized carbons (Fsp3) is 0.500. The van der Waals surface area contributed by atoms with Crippen LogP contribution in [0.3, 0.4) is 0 Å². The summed E-state index contributed by atoms with van der Waals surface area (Å²) in [5, 5.41) is 3.92. The van der Waals surface area contributed by atoms with E-state index in [1.165, 1.54) is 0 Å². The summed E-state index contributed by atoms with van der Waals surface area (Å²) in [6.45, 7) is 4.83. The first-order valence-corrected chi connectivity index (χ1v) is 12.5. The Morgan fingerprint density at radius 3 is 2.79 bits per heavy atom. The molecule has 8 nitrogen and oxygen atoms in total. The predicted molar refractivity (Wildman–Crippen MR) is 128 cm³/mol. The minimum absolute atomic E-state index is 0.0425. The zero-order valence-corrected chi connectivity index (χ0v) is 19.6. The molecule has 4 heterocycles. The van der Waals surface area contributed by atoms with Crippen molar-refractivity contribution in [1.82, 2.24) is 20.3 Å². The highest BCUT2D eigenvalue weighted by atomic mass is 32.1. The summed E-state index contributed by atoms with van der Waals surface area (Å²) in [5.41, 5.74) is 2.68. The quantitative estimate of drug-likeness (QED) is 0.569. The molecule has 2 fully saturated rings. The summed E-state index contributed by atoms with van der Waals surface area (Å²) in [6.07, 6.45) is 4.32. The number of aryl methyl sites for hydroxylation is 1. The molecule has 0 unspecified atom stereocenters. The Hall–Kier alpha value is -2.78. The topological polar surface area (TPSA) is 89.5 Å². The highest BCUT2D eigenvalue weighted by Crippen LogP contribution is 2.35. The molecule has 0 saturated carbocycles. The van der Waals surface area contributed by atoms with E-state index in [-0.39, 0.29) is 18.1 Å². The van der Waals surface area contributed by atoms with Crippen LogP contribution in [0.2, 0.25) is 0 Å². The number of ether oxygens (including phenoxy) is 2. The van der Waals surface area contributed by atoms with Gasteiger partial charge in [0, 0.05) is 25.9 Å². The first kappa shape index (κ1) is 22.0. The van der Waals surface area contributed by atoms with E-state index in [0.29, 0.717) is 31.4 Å². The van der Waals surface area contributed by atoms with Crippen LogP contribution >= 0.6 is 11.3 Å². The molecule has 2 aliphatic rings. The van der Waals surface area contributed by atoms with Gasteiger partial charge in [-0.25, -0.2) is 0 Å². The number of nitrogens with one attached hydrogen (secondary N) is 1. The Bertz CT molecular complexity index is 1100. The standard InChI is InChI=1S/C24H29N5O3S/c1-2-18-20-21(27-23(26-18)32-17-10-13-31-14-11-17)28-24(33-20)29-12-6-9-19(29)22(30)25-15-16-7-4-3-5-8-16/h3-5,7-8,17,19H,2,6,9-15H2,1H3,(H,25,30)/t19-/m1/s1. The fourth-order valence-electron chi connectivity index (χ4n) is 4.38. The number of nitrogens with zero attached hydrogens (tertiary/aromatic N) is 4. The zero-order valence-electron chi connectivity index (χ0n) is 18.8. The molecule has 1 atom stereocenters. The molecule has 2 saturated heterocycles. The van der Waals surface area contributed by atoms with Crippen molar-refractivity contribution in [1.29, 1.82) is 0 Å². The van der Waals surface area contributed by atoms with Gasteiger partial charge < -0.3 is 19.7 Å². The second kappa shape index (κ2) is 10.0. The SMILES string of the molecule is CCc1nc(OC2CCOCC2)nc2nc(N3CCC[C@@H]3C(=O)NCc3ccccc3)sc12. The fourth-order valence-corrected chi connectivity index (χ4v) is 5.52. The molecule has 2 aliphatic heterocycles. The molecule has 0 spiro atoms. The van der Waals surface area contributed by atoms with E-state index in [1.807, 2.05) is 30.3 Å². The van der Waals surface area contributed by atoms with Gasteiger partial charge in [-0.2, -0.15) is 15.0 Å². The number of benzene rings is 1. The Morgan fingerprint density at radius 2 is 2.00 bits per heavy atom. The van der Waals surface area contributed by atoms with E-state index in [0.717, 1.165) is 59.7 Å². The molecule has 1 amide bonds. The van der Waals surface area contributed by atoms with Gasteiger partial charge in [-0.3, -0.25) is 4.79 Å². The second-order valence-corrected chi connectivity index (χ2v) is 9.42. The van der Waals surface area contributed by atoms with Gasteiger partial charge in [-0.05, 0) is 24.8 Å². The lowest BCUT2D eigenvalue weighted by Crippen LogP contribution is -2.43. The van der Waals surface area contributed by atoms with Crippen LogP contribution in [0, 0.1) is 0 Å². The minimum Gasteiger partial charge on any atom is -0.460 e. The van der Waals surface area contributed by atoms with Gasteiger partial charge >= 0.3 is 6.01 Å². The number of rotatable bonds is 7. The van der Waals surface area contributed by atoms with E-state index in [9.17, 15) is 4.79 Å². The van der Waals surface area contributed by atoms with Crippen LogP contribution in [0.15, 0.2) is 30.3 Å². The zero-order chi connectivity index (χ0) is 22.6. The van der Waals surface area contributed by atoms with E-state index >= 15 is 0 Å². The molecular weight excluding hydrogens is 438 g/mol. The van der Waals surface area contributed by atoms with Crippen LogP contribution in [0.4, 0.5) is 5.13 Å². The van der Waals surface area contributed by atoms with Crippen molar-refractivity contribution in [3.8, 4) is 6.01 Å². The first-order valence-electron chi connectivity index (χ1n) is 11.7. The van der Waals surface area contributed by atoms with E-state index in [2.05, 4.69) is 27.1 Å². The van der Waals surface area contributed by atoms with Gasteiger partial charge in [-0.15, -0.1) is 0 Å². The van der Waals surface area contributed by atoms with Crippen LogP contribution in [0.5, 0.6) is 6.01 Å². The van der Waals surface area contributed by atoms with Crippen LogP contribution in [-0.4, -0.2) is 52.8 Å². The number of amides is 1. The Kier molecular flexibility index (Phi) is 6.68. The highest BCUT2D eigenvalue weighted by molar-refractivity contribution is 7.22. The third kappa shape index (κ3) is 4.94. The summed E-state index contributed by atoms with van der Waals surface area (Å²) < 4.78 is 12.4. The third-order valence-electron chi connectivity index (χ3n) is 6.18. The number of fused-ring (bicyclic) bond motifs is 1. The normalized spacial score (nSPS) is 19.2. The Balaban J connectivity index is 1.34. The van der Waals surface area contributed by atoms with Crippen LogP contribution < -0.4 is 15.0 Å². The first-order chi connectivity index (χ1) is 16.2. The molecule has 5 rings (SSSR count). The molecule has 0 radical (unpaired) electrons. The van der Waals surface area contributed by atoms with Gasteiger partial charge in [0.15, 0.2) is 10.8 Å². The maximum Gasteiger partial charge on any atom is 0.319 e. The monoisotopic (exact) mass is 467 g/mol. The van der Waals surface area contributed by atoms with Gasteiger partial charge in [0.1, 0.15) is 12.1 Å². The lowest BCUT2D eigenvalue weighted by atomic mass is 10.2. The predicted octanol–water partition coefficient (Wildman–Crippen LogP) is 3.49. The molecular formula is C24H29N5O3S. The third-order valence-corrected chi connectivity index (χ3v) is 7.31. The number of carbonyl (C=O) groups excluding carboxylic acids is 1. The van der Waals surface area contributed by atoms with E-state index in [4.69, 9.17) is 14.5 Å². The van der Waals surface area contributed by atoms with Crippen molar-refractivity contribution >= 4 is 32.7 Å². The molecule has 174 valence electrons. The second-order valence-electron chi connectivity index (χ2n) is 8.44. The van der Waals surface area contributed by atoms with Crippen molar-refractivity contribution in [2.24, 2.45) is 0 Å². The molecule has 1 N–H and O–H groups in total. The van der Waals surface area contributed by atoms with Gasteiger partial charge in [0.05, 0.1) is 23.6 Å². The van der Waals surface area contributed by atoms with Gasteiger partial charge in [0.25, 0.3) is 0 Å². The minimum atomic E-state index is -0.217. The maximum atomic E-state index is 13.0. The smallest absolute Gasteiger partial charge is 0.319 e. The molecule has 9 heteroatoms. The molecule has 33 heavy (non-hydrogen) atoms. The summed E-state index contributed by atoms with van der Waals surface area (Å²) in [6, 6.07) is 10.2. The summed E-state index contributed by atoms with van der Waals surface area (Å²) in [7, 11) is 0. The summed E-state index contributed by atoms with van der Waals surface area (Å²) in [5.74, 6) is 0.0425. The van der Waals surface area contributed by atoms with Crippen molar-refractivity contribution in [3.63, 3.8) is 0 Å². The molecule has 2 aromatic heterocycles. The van der Waals surface area contributed by atoms with Gasteiger partial charge in [-0.1, -0.05) is 48.6 Å². The number of hydrogen-bond donors (Lipinski definition) is 1. The number of aromatic nitrogens is 3. The van der Waals surface area contributed by atoms with E-state index in [1.54, 1.807) is 11.3 Å². The van der Waals surface area contributed by atoms with Crippen LogP contribution in [-0.2, 0) is 22.5 Å². The molecule has 0 bridgehead atoms. The number of anilines is 1. The number of carbonyl (C=O) groups is 1. The molecule has 1 aromatic carbocycles. The van der Waals surface area contributed by atoms with Crippen LogP contribution in [0.25, 0.3) is 10.3 Å². The Morgan fingerprint density at radius 1 is 1.18 bits per heavy atom. The highest BCUT2D eigenvalue weighted by Gasteiger charge is 2.33. The lowest BCUT2D eigenvalue weighted by Gasteiger charge is -2.23. The van der Waals surface area contributed by atoms with E-state index < -0.39 is 0 Å².